The molecule has 0 saturated carbocycles. The summed E-state index contributed by atoms with van der Waals surface area (Å²) in [5.41, 5.74) is 2.08. The maximum absolute atomic E-state index is 12.9. The molecule has 1 N–H and O–H groups in total. The molecule has 3 aliphatic rings. The summed E-state index contributed by atoms with van der Waals surface area (Å²) in [6.07, 6.45) is 5.75. The molecule has 1 amide bonds. The molecule has 1 saturated heterocycles. The van der Waals surface area contributed by atoms with Gasteiger partial charge in [0.25, 0.3) is 0 Å². The minimum atomic E-state index is -0.156. The summed E-state index contributed by atoms with van der Waals surface area (Å²) in [5.74, 6) is 2.47. The Balaban J connectivity index is 1.31. The van der Waals surface area contributed by atoms with Crippen LogP contribution in [0.15, 0.2) is 53.5 Å². The molecule has 1 aromatic heterocycles. The molecule has 1 aromatic carbocycles. The van der Waals surface area contributed by atoms with Crippen molar-refractivity contribution < 1.29 is 23.8 Å². The van der Waals surface area contributed by atoms with Crippen molar-refractivity contribution in [1.82, 2.24) is 14.8 Å². The molecule has 4 heterocycles. The molecule has 0 atom stereocenters. The Labute approximate surface area is 209 Å². The summed E-state index contributed by atoms with van der Waals surface area (Å²) in [6, 6.07) is 7.27. The normalized spacial score (nSPS) is 17.7. The van der Waals surface area contributed by atoms with Crippen molar-refractivity contribution in [3.8, 4) is 11.5 Å². The van der Waals surface area contributed by atoms with E-state index in [9.17, 15) is 9.59 Å². The molecule has 5 rings (SSSR count). The number of ether oxygens (including phenoxy) is 3. The van der Waals surface area contributed by atoms with Crippen LogP contribution in [0.2, 0.25) is 0 Å². The Hall–Kier alpha value is -3.92. The van der Waals surface area contributed by atoms with Gasteiger partial charge in [-0.15, -0.1) is 0 Å². The third kappa shape index (κ3) is 4.90. The number of fused-ring (bicyclic) bond motifs is 3. The Morgan fingerprint density at radius 2 is 2.06 bits per heavy atom. The molecule has 0 radical (unpaired) electrons. The van der Waals surface area contributed by atoms with Gasteiger partial charge >= 0.3 is 0 Å². The molecule has 0 unspecified atom stereocenters. The van der Waals surface area contributed by atoms with E-state index in [0.717, 1.165) is 11.4 Å². The predicted molar refractivity (Wildman–Crippen MR) is 134 cm³/mol. The number of carbonyl (C=O) groups is 2. The van der Waals surface area contributed by atoms with Gasteiger partial charge in [-0.25, -0.2) is 0 Å². The highest BCUT2D eigenvalue weighted by Crippen LogP contribution is 2.43. The lowest BCUT2D eigenvalue weighted by molar-refractivity contribution is -0.135. The Bertz CT molecular complexity index is 1190. The van der Waals surface area contributed by atoms with E-state index in [1.54, 1.807) is 37.7 Å². The van der Waals surface area contributed by atoms with Crippen LogP contribution >= 0.6 is 0 Å². The third-order valence-corrected chi connectivity index (χ3v) is 6.32. The molecule has 10 heteroatoms. The number of morpholine rings is 1. The van der Waals surface area contributed by atoms with Crippen molar-refractivity contribution in [2.75, 3.05) is 58.4 Å². The third-order valence-electron chi connectivity index (χ3n) is 6.32. The number of amidine groups is 1. The van der Waals surface area contributed by atoms with Gasteiger partial charge in [0, 0.05) is 55.7 Å². The topological polar surface area (TPSA) is 106 Å². The molecule has 36 heavy (non-hydrogen) atoms. The van der Waals surface area contributed by atoms with Crippen LogP contribution in [-0.2, 0) is 9.53 Å². The van der Waals surface area contributed by atoms with Gasteiger partial charge in [-0.05, 0) is 30.7 Å². The van der Waals surface area contributed by atoms with E-state index in [1.165, 1.54) is 0 Å². The van der Waals surface area contributed by atoms with E-state index in [-0.39, 0.29) is 11.7 Å². The molecule has 188 valence electrons. The van der Waals surface area contributed by atoms with Gasteiger partial charge in [-0.1, -0.05) is 0 Å². The number of rotatable bonds is 8. The summed E-state index contributed by atoms with van der Waals surface area (Å²) in [7, 11) is 1.58. The maximum Gasteiger partial charge on any atom is 0.222 e. The fourth-order valence-corrected chi connectivity index (χ4v) is 4.50. The van der Waals surface area contributed by atoms with E-state index >= 15 is 0 Å². The molecule has 1 fully saturated rings. The van der Waals surface area contributed by atoms with Crippen LogP contribution in [0, 0.1) is 0 Å². The lowest BCUT2D eigenvalue weighted by atomic mass is 10.1. The number of nitrogens with one attached hydrogen (secondary N) is 1. The average Bonchev–Trinajstić information content (AvgIpc) is 3.42. The number of allylic oxidation sites excluding steroid dienone is 1. The quantitative estimate of drug-likeness (QED) is 0.341. The molecule has 0 bridgehead atoms. The van der Waals surface area contributed by atoms with Gasteiger partial charge in [-0.3, -0.25) is 19.6 Å². The first kappa shape index (κ1) is 23.8. The van der Waals surface area contributed by atoms with Crippen LogP contribution in [0.25, 0.3) is 0 Å². The smallest absolute Gasteiger partial charge is 0.222 e. The zero-order valence-electron chi connectivity index (χ0n) is 20.2. The van der Waals surface area contributed by atoms with Crippen molar-refractivity contribution in [2.24, 2.45) is 4.99 Å². The standard InChI is InChI=1S/C26H29N5O5/c1-34-25-21(36-13-3-5-23(33)30-11-14-35-15-12-30)7-6-19-24(25)29-22(31-10-9-28-26(19)31)16-20(32)18-4-2-8-27-17-18/h2,4,6-8,16-17,29H,3,5,9-15H2,1H3/b22-16+. The maximum atomic E-state index is 12.9. The molecule has 0 aliphatic carbocycles. The largest absolute Gasteiger partial charge is 0.491 e. The van der Waals surface area contributed by atoms with Crippen molar-refractivity contribution in [3.05, 3.63) is 59.7 Å². The number of ketones is 1. The van der Waals surface area contributed by atoms with Crippen LogP contribution < -0.4 is 14.8 Å². The number of aromatic nitrogens is 1. The number of pyridine rings is 1. The van der Waals surface area contributed by atoms with E-state index in [1.807, 2.05) is 21.9 Å². The Morgan fingerprint density at radius 1 is 1.19 bits per heavy atom. The summed E-state index contributed by atoms with van der Waals surface area (Å²) in [4.78, 5) is 37.8. The summed E-state index contributed by atoms with van der Waals surface area (Å²) < 4.78 is 17.1. The molecule has 2 aromatic rings. The van der Waals surface area contributed by atoms with Crippen LogP contribution in [-0.4, -0.2) is 85.4 Å². The molecule has 0 spiro atoms. The zero-order valence-corrected chi connectivity index (χ0v) is 20.2. The lowest BCUT2D eigenvalue weighted by Crippen LogP contribution is -2.40. The highest BCUT2D eigenvalue weighted by Gasteiger charge is 2.33. The first-order valence-corrected chi connectivity index (χ1v) is 12.1. The Kier molecular flexibility index (Phi) is 7.13. The summed E-state index contributed by atoms with van der Waals surface area (Å²) >= 11 is 0. The molecule has 3 aliphatic heterocycles. The molecular formula is C26H29N5O5. The van der Waals surface area contributed by atoms with E-state index in [0.29, 0.717) is 87.4 Å². The number of anilines is 1. The number of hydrogen-bond donors (Lipinski definition) is 1. The monoisotopic (exact) mass is 491 g/mol. The first-order valence-electron chi connectivity index (χ1n) is 12.1. The second kappa shape index (κ2) is 10.8. The highest BCUT2D eigenvalue weighted by atomic mass is 16.5. The number of methoxy groups -OCH3 is 1. The zero-order chi connectivity index (χ0) is 24.9. The number of aliphatic imine (C=N–C) groups is 1. The fourth-order valence-electron chi connectivity index (χ4n) is 4.50. The van der Waals surface area contributed by atoms with Crippen molar-refractivity contribution in [1.29, 1.82) is 0 Å². The number of amides is 1. The lowest BCUT2D eigenvalue weighted by Gasteiger charge is -2.32. The van der Waals surface area contributed by atoms with Crippen molar-refractivity contribution in [2.45, 2.75) is 12.8 Å². The minimum absolute atomic E-state index is 0.119. The first-order chi connectivity index (χ1) is 17.7. The van der Waals surface area contributed by atoms with Crippen molar-refractivity contribution >= 4 is 23.2 Å². The fraction of sp³-hybridized carbons (Fsp3) is 0.385. The summed E-state index contributed by atoms with van der Waals surface area (Å²) in [5, 5.41) is 3.37. The van der Waals surface area contributed by atoms with Gasteiger partial charge in [0.2, 0.25) is 5.91 Å². The average molecular weight is 492 g/mol. The number of carbonyl (C=O) groups excluding carboxylic acids is 2. The van der Waals surface area contributed by atoms with Crippen molar-refractivity contribution in [3.63, 3.8) is 0 Å². The van der Waals surface area contributed by atoms with E-state index < -0.39 is 0 Å². The molecule has 10 nitrogen and oxygen atoms in total. The molecular weight excluding hydrogens is 462 g/mol. The minimum Gasteiger partial charge on any atom is -0.491 e. The predicted octanol–water partition coefficient (Wildman–Crippen LogP) is 2.32. The second-order valence-electron chi connectivity index (χ2n) is 8.58. The van der Waals surface area contributed by atoms with Crippen LogP contribution in [0.5, 0.6) is 11.5 Å². The number of hydrogen-bond acceptors (Lipinski definition) is 9. The van der Waals surface area contributed by atoms with E-state index in [4.69, 9.17) is 14.2 Å². The van der Waals surface area contributed by atoms with Gasteiger partial charge in [0.05, 0.1) is 39.2 Å². The summed E-state index contributed by atoms with van der Waals surface area (Å²) in [6.45, 7) is 4.15. The number of benzene rings is 1. The van der Waals surface area contributed by atoms with Gasteiger partial charge < -0.3 is 29.3 Å². The Morgan fingerprint density at radius 3 is 2.83 bits per heavy atom. The van der Waals surface area contributed by atoms with Crippen LogP contribution in [0.1, 0.15) is 28.8 Å². The SMILES string of the molecule is COc1c(OCCCC(=O)N2CCOCC2)ccc2c1N/C(=C\C(=O)c1cccnc1)N1CCN=C21. The van der Waals surface area contributed by atoms with Gasteiger partial charge in [-0.2, -0.15) is 0 Å². The van der Waals surface area contributed by atoms with Crippen LogP contribution in [0.4, 0.5) is 5.69 Å². The highest BCUT2D eigenvalue weighted by molar-refractivity contribution is 6.11. The van der Waals surface area contributed by atoms with Crippen LogP contribution in [0.3, 0.4) is 0 Å². The van der Waals surface area contributed by atoms with Gasteiger partial charge in [0.1, 0.15) is 11.7 Å². The second-order valence-corrected chi connectivity index (χ2v) is 8.58. The van der Waals surface area contributed by atoms with Gasteiger partial charge in [0.15, 0.2) is 17.3 Å². The van der Waals surface area contributed by atoms with E-state index in [2.05, 4.69) is 15.3 Å². The number of nitrogens with zero attached hydrogens (tertiary/aromatic N) is 4.